The van der Waals surface area contributed by atoms with Crippen LogP contribution in [0.2, 0.25) is 0 Å². The van der Waals surface area contributed by atoms with Crippen molar-refractivity contribution in [1.29, 1.82) is 0 Å². The molecule has 0 aliphatic carbocycles. The number of ether oxygens (including phenoxy) is 2. The van der Waals surface area contributed by atoms with Crippen LogP contribution in [0.4, 0.5) is 10.2 Å². The molecule has 4 rings (SSSR count). The average Bonchev–Trinajstić information content (AvgIpc) is 3.25. The topological polar surface area (TPSA) is 85.7 Å². The summed E-state index contributed by atoms with van der Waals surface area (Å²) in [4.78, 5) is 28.2. The number of aromatic nitrogens is 2. The predicted molar refractivity (Wildman–Crippen MR) is 151 cm³/mol. The number of fused-ring (bicyclic) bond motifs is 1. The van der Waals surface area contributed by atoms with Crippen LogP contribution in [0.1, 0.15) is 49.3 Å². The molecule has 1 aliphatic heterocycles. The lowest BCUT2D eigenvalue weighted by Crippen LogP contribution is -2.42. The monoisotopic (exact) mass is 554 g/mol. The first kappa shape index (κ1) is 28.6. The van der Waals surface area contributed by atoms with E-state index in [0.717, 1.165) is 22.5 Å². The van der Waals surface area contributed by atoms with Gasteiger partial charge in [0.05, 0.1) is 29.5 Å². The van der Waals surface area contributed by atoms with Crippen molar-refractivity contribution < 1.29 is 23.5 Å². The number of benzene rings is 2. The molecule has 0 unspecified atom stereocenters. The van der Waals surface area contributed by atoms with Gasteiger partial charge in [-0.15, -0.1) is 11.8 Å². The molecule has 1 atom stereocenters. The van der Waals surface area contributed by atoms with Crippen LogP contribution in [0, 0.1) is 5.82 Å². The molecule has 2 amide bonds. The normalized spacial score (nSPS) is 15.6. The summed E-state index contributed by atoms with van der Waals surface area (Å²) in [6.07, 6.45) is 0.669. The van der Waals surface area contributed by atoms with Crippen molar-refractivity contribution in [2.45, 2.75) is 37.9 Å². The lowest BCUT2D eigenvalue weighted by atomic mass is 9.87. The van der Waals surface area contributed by atoms with Crippen LogP contribution in [-0.2, 0) is 19.7 Å². The van der Waals surface area contributed by atoms with E-state index in [0.29, 0.717) is 31.1 Å². The number of hydrogen-bond acceptors (Lipinski definition) is 6. The smallest absolute Gasteiger partial charge is 0.240 e. The van der Waals surface area contributed by atoms with E-state index >= 15 is 0 Å². The molecular weight excluding hydrogens is 519 g/mol. The fourth-order valence-electron chi connectivity index (χ4n) is 4.52. The first-order chi connectivity index (χ1) is 18.6. The molecule has 0 fully saturated rings. The van der Waals surface area contributed by atoms with Crippen molar-refractivity contribution in [3.8, 4) is 11.4 Å². The Balaban J connectivity index is 1.89. The molecule has 208 valence electrons. The fraction of sp³-hybridized carbons (Fsp3) is 0.414. The Morgan fingerprint density at radius 3 is 2.44 bits per heavy atom. The number of hydrogen-bond donors (Lipinski definition) is 1. The Bertz CT molecular complexity index is 1300. The molecule has 39 heavy (non-hydrogen) atoms. The number of carbonyl (C=O) groups is 2. The highest BCUT2D eigenvalue weighted by atomic mass is 32.2. The lowest BCUT2D eigenvalue weighted by molar-refractivity contribution is -0.122. The van der Waals surface area contributed by atoms with Crippen molar-refractivity contribution in [1.82, 2.24) is 15.1 Å². The van der Waals surface area contributed by atoms with Gasteiger partial charge in [0.2, 0.25) is 11.8 Å². The Hall–Kier alpha value is -3.37. The van der Waals surface area contributed by atoms with Gasteiger partial charge in [-0.05, 0) is 48.4 Å². The summed E-state index contributed by atoms with van der Waals surface area (Å²) in [6, 6.07) is 13.8. The second-order valence-electron chi connectivity index (χ2n) is 10.4. The van der Waals surface area contributed by atoms with Gasteiger partial charge in [-0.2, -0.15) is 5.10 Å². The van der Waals surface area contributed by atoms with E-state index in [1.807, 2.05) is 24.3 Å². The van der Waals surface area contributed by atoms with Gasteiger partial charge in [0.25, 0.3) is 0 Å². The number of carbonyl (C=O) groups excluding carboxylic acids is 2. The molecule has 1 aromatic heterocycles. The van der Waals surface area contributed by atoms with Gasteiger partial charge in [0.15, 0.2) is 0 Å². The number of anilines is 1. The van der Waals surface area contributed by atoms with E-state index in [4.69, 9.17) is 14.6 Å². The standard InChI is InChI=1S/C29H35FN4O4S/c1-29(2,3)27-25-26(19-7-9-20(30)10-8-19)39-18-24(36)33(17-23(35)31-15-6-16-37-4)28(25)34(32-27)21-11-13-22(38-5)14-12-21/h7-14,26H,6,15-18H2,1-5H3,(H,31,35)/t26-/m1/s1. The highest BCUT2D eigenvalue weighted by molar-refractivity contribution is 8.00. The summed E-state index contributed by atoms with van der Waals surface area (Å²) in [6.45, 7) is 7.03. The van der Waals surface area contributed by atoms with Crippen LogP contribution in [0.15, 0.2) is 48.5 Å². The van der Waals surface area contributed by atoms with Gasteiger partial charge in [-0.3, -0.25) is 14.5 Å². The number of methoxy groups -OCH3 is 2. The highest BCUT2D eigenvalue weighted by Crippen LogP contribution is 2.48. The number of rotatable bonds is 9. The van der Waals surface area contributed by atoms with Crippen molar-refractivity contribution >= 4 is 29.4 Å². The van der Waals surface area contributed by atoms with Crippen molar-refractivity contribution in [2.24, 2.45) is 0 Å². The van der Waals surface area contributed by atoms with Crippen LogP contribution < -0.4 is 15.0 Å². The summed E-state index contributed by atoms with van der Waals surface area (Å²) >= 11 is 1.46. The van der Waals surface area contributed by atoms with E-state index in [1.165, 1.54) is 28.8 Å². The SMILES string of the molecule is COCCCNC(=O)CN1C(=O)CS[C@H](c2ccc(F)cc2)c2c(C(C)(C)C)nn(-c3ccc(OC)cc3)c21. The molecule has 0 saturated carbocycles. The maximum absolute atomic E-state index is 13.9. The molecule has 0 spiro atoms. The van der Waals surface area contributed by atoms with E-state index in [-0.39, 0.29) is 40.6 Å². The van der Waals surface area contributed by atoms with Gasteiger partial charge < -0.3 is 14.8 Å². The summed E-state index contributed by atoms with van der Waals surface area (Å²) in [5, 5.41) is 7.65. The Kier molecular flexibility index (Phi) is 8.97. The Morgan fingerprint density at radius 2 is 1.82 bits per heavy atom. The molecule has 2 aromatic carbocycles. The molecule has 2 heterocycles. The maximum Gasteiger partial charge on any atom is 0.240 e. The lowest BCUT2D eigenvalue weighted by Gasteiger charge is -2.24. The second-order valence-corrected chi connectivity index (χ2v) is 11.5. The zero-order valence-electron chi connectivity index (χ0n) is 23.0. The molecule has 0 bridgehead atoms. The van der Waals surface area contributed by atoms with Crippen LogP contribution >= 0.6 is 11.8 Å². The van der Waals surface area contributed by atoms with E-state index in [2.05, 4.69) is 26.1 Å². The molecule has 0 radical (unpaired) electrons. The van der Waals surface area contributed by atoms with Gasteiger partial charge >= 0.3 is 0 Å². The van der Waals surface area contributed by atoms with E-state index in [1.54, 1.807) is 31.0 Å². The first-order valence-corrected chi connectivity index (χ1v) is 13.9. The first-order valence-electron chi connectivity index (χ1n) is 12.8. The second kappa shape index (κ2) is 12.2. The average molecular weight is 555 g/mol. The van der Waals surface area contributed by atoms with E-state index < -0.39 is 0 Å². The van der Waals surface area contributed by atoms with Crippen molar-refractivity contribution in [2.75, 3.05) is 44.6 Å². The molecule has 1 aliphatic rings. The van der Waals surface area contributed by atoms with Crippen molar-refractivity contribution in [3.63, 3.8) is 0 Å². The summed E-state index contributed by atoms with van der Waals surface area (Å²) in [5.41, 5.74) is 2.84. The quantitative estimate of drug-likeness (QED) is 0.388. The van der Waals surface area contributed by atoms with Gasteiger partial charge in [0, 0.05) is 31.2 Å². The summed E-state index contributed by atoms with van der Waals surface area (Å²) < 4.78 is 26.0. The van der Waals surface area contributed by atoms with Gasteiger partial charge in [0.1, 0.15) is 23.9 Å². The minimum absolute atomic E-state index is 0.152. The minimum Gasteiger partial charge on any atom is -0.497 e. The zero-order valence-corrected chi connectivity index (χ0v) is 23.8. The number of nitrogens with one attached hydrogen (secondary N) is 1. The minimum atomic E-state index is -0.387. The fourth-order valence-corrected chi connectivity index (χ4v) is 5.72. The largest absolute Gasteiger partial charge is 0.497 e. The van der Waals surface area contributed by atoms with Crippen LogP contribution in [0.3, 0.4) is 0 Å². The summed E-state index contributed by atoms with van der Waals surface area (Å²) in [7, 11) is 3.21. The Labute approximate surface area is 232 Å². The molecule has 1 N–H and O–H groups in total. The predicted octanol–water partition coefficient (Wildman–Crippen LogP) is 4.64. The molecule has 10 heteroatoms. The van der Waals surface area contributed by atoms with Crippen molar-refractivity contribution in [3.05, 3.63) is 71.2 Å². The number of amides is 2. The highest BCUT2D eigenvalue weighted by Gasteiger charge is 2.39. The maximum atomic E-state index is 13.9. The van der Waals surface area contributed by atoms with Gasteiger partial charge in [-0.1, -0.05) is 32.9 Å². The van der Waals surface area contributed by atoms with Crippen LogP contribution in [0.25, 0.3) is 5.69 Å². The number of nitrogens with zero attached hydrogens (tertiary/aromatic N) is 3. The third kappa shape index (κ3) is 6.45. The Morgan fingerprint density at radius 1 is 1.13 bits per heavy atom. The molecule has 3 aromatic rings. The third-order valence-corrected chi connectivity index (χ3v) is 7.69. The van der Waals surface area contributed by atoms with Crippen LogP contribution in [-0.4, -0.2) is 61.3 Å². The third-order valence-electron chi connectivity index (χ3n) is 6.44. The van der Waals surface area contributed by atoms with Gasteiger partial charge in [-0.25, -0.2) is 9.07 Å². The molecular formula is C29H35FN4O4S. The number of halogens is 1. The number of thioether (sulfide) groups is 1. The zero-order chi connectivity index (χ0) is 28.2. The van der Waals surface area contributed by atoms with Crippen LogP contribution in [0.5, 0.6) is 5.75 Å². The molecule has 0 saturated heterocycles. The molecule has 8 nitrogen and oxygen atoms in total. The van der Waals surface area contributed by atoms with E-state index in [9.17, 15) is 14.0 Å². The summed E-state index contributed by atoms with van der Waals surface area (Å²) in [5.74, 6) is 0.589.